The van der Waals surface area contributed by atoms with E-state index in [0.717, 1.165) is 12.2 Å². The number of aromatic amines is 1. The van der Waals surface area contributed by atoms with Crippen LogP contribution in [0.4, 0.5) is 5.82 Å². The van der Waals surface area contributed by atoms with Gasteiger partial charge in [-0.05, 0) is 12.7 Å². The number of H-pyrrole nitrogens is 1. The van der Waals surface area contributed by atoms with E-state index in [9.17, 15) is 4.79 Å². The van der Waals surface area contributed by atoms with Gasteiger partial charge >= 0.3 is 0 Å². The normalized spacial score (nSPS) is 12.4. The monoisotopic (exact) mass is 213 g/mol. The third kappa shape index (κ3) is 3.06. The zero-order valence-corrected chi connectivity index (χ0v) is 9.23. The predicted molar refractivity (Wildman–Crippen MR) is 60.9 cm³/mol. The molecule has 0 fully saturated rings. The molecule has 0 saturated heterocycles. The second kappa shape index (κ2) is 5.70. The van der Waals surface area contributed by atoms with Gasteiger partial charge in [0.25, 0.3) is 5.56 Å². The van der Waals surface area contributed by atoms with Crippen molar-refractivity contribution < 1.29 is 0 Å². The summed E-state index contributed by atoms with van der Waals surface area (Å²) in [6.07, 6.45) is 6.14. The molecule has 1 rings (SSSR count). The summed E-state index contributed by atoms with van der Waals surface area (Å²) in [5, 5.41) is 3.12. The molecule has 0 aliphatic rings. The molecule has 1 heterocycles. The minimum absolute atomic E-state index is 0.160. The molecule has 5 heteroatoms. The molecule has 78 valence electrons. The second-order valence-electron chi connectivity index (χ2n) is 2.97. The van der Waals surface area contributed by atoms with E-state index in [-0.39, 0.29) is 5.56 Å². The summed E-state index contributed by atoms with van der Waals surface area (Å²) < 4.78 is 0. The third-order valence-corrected chi connectivity index (χ3v) is 2.64. The van der Waals surface area contributed by atoms with Crippen LogP contribution in [0.1, 0.15) is 13.3 Å². The molecule has 0 aliphatic heterocycles. The fourth-order valence-corrected chi connectivity index (χ4v) is 1.83. The average Bonchev–Trinajstić information content (AvgIpc) is 2.20. The van der Waals surface area contributed by atoms with Crippen LogP contribution in [-0.2, 0) is 0 Å². The molecule has 1 unspecified atom stereocenters. The number of rotatable bonds is 5. The summed E-state index contributed by atoms with van der Waals surface area (Å²) in [7, 11) is 0. The lowest BCUT2D eigenvalue weighted by atomic mass is 10.2. The maximum Gasteiger partial charge on any atom is 0.290 e. The van der Waals surface area contributed by atoms with E-state index in [1.165, 1.54) is 6.20 Å². The molecular formula is C9H15N3OS. The molecule has 0 aromatic carbocycles. The predicted octanol–water partition coefficient (Wildman–Crippen LogP) is 1.32. The highest BCUT2D eigenvalue weighted by molar-refractivity contribution is 7.98. The lowest BCUT2D eigenvalue weighted by molar-refractivity contribution is 0.766. The number of nitrogens with one attached hydrogen (secondary N) is 2. The zero-order valence-electron chi connectivity index (χ0n) is 8.41. The van der Waals surface area contributed by atoms with Crippen LogP contribution in [-0.4, -0.2) is 28.0 Å². The Morgan fingerprint density at radius 3 is 3.07 bits per heavy atom. The molecule has 0 amide bonds. The lowest BCUT2D eigenvalue weighted by Gasteiger charge is -2.14. The molecule has 1 aromatic heterocycles. The van der Waals surface area contributed by atoms with Crippen LogP contribution in [0, 0.1) is 0 Å². The Morgan fingerprint density at radius 1 is 1.71 bits per heavy atom. The molecule has 1 aromatic rings. The van der Waals surface area contributed by atoms with Crippen LogP contribution >= 0.6 is 11.8 Å². The fourth-order valence-electron chi connectivity index (χ4n) is 1.11. The molecule has 0 saturated carbocycles. The summed E-state index contributed by atoms with van der Waals surface area (Å²) in [6, 6.07) is 0.306. The SMILES string of the molecule is CCC(CSC)Nc1ncc[nH]c1=O. The molecule has 0 spiro atoms. The van der Waals surface area contributed by atoms with Crippen molar-refractivity contribution in [1.29, 1.82) is 0 Å². The molecule has 0 aliphatic carbocycles. The van der Waals surface area contributed by atoms with Crippen molar-refractivity contribution in [3.63, 3.8) is 0 Å². The van der Waals surface area contributed by atoms with E-state index >= 15 is 0 Å². The Kier molecular flexibility index (Phi) is 4.52. The van der Waals surface area contributed by atoms with Crippen molar-refractivity contribution >= 4 is 17.6 Å². The highest BCUT2D eigenvalue weighted by Gasteiger charge is 2.07. The first-order valence-electron chi connectivity index (χ1n) is 4.57. The van der Waals surface area contributed by atoms with Crippen molar-refractivity contribution in [2.45, 2.75) is 19.4 Å². The van der Waals surface area contributed by atoms with E-state index in [0.29, 0.717) is 11.9 Å². The van der Waals surface area contributed by atoms with Crippen LogP contribution in [0.15, 0.2) is 17.2 Å². The van der Waals surface area contributed by atoms with Crippen molar-refractivity contribution in [1.82, 2.24) is 9.97 Å². The largest absolute Gasteiger partial charge is 0.362 e. The first-order valence-corrected chi connectivity index (χ1v) is 5.96. The van der Waals surface area contributed by atoms with E-state index in [2.05, 4.69) is 22.2 Å². The maximum atomic E-state index is 11.3. The summed E-state index contributed by atoms with van der Waals surface area (Å²) in [6.45, 7) is 2.09. The molecule has 1 atom stereocenters. The number of thioether (sulfide) groups is 1. The Morgan fingerprint density at radius 2 is 2.50 bits per heavy atom. The van der Waals surface area contributed by atoms with Gasteiger partial charge in [-0.3, -0.25) is 4.79 Å². The molecule has 2 N–H and O–H groups in total. The number of nitrogens with zero attached hydrogens (tertiary/aromatic N) is 1. The average molecular weight is 213 g/mol. The summed E-state index contributed by atoms with van der Waals surface area (Å²) in [5.41, 5.74) is -0.160. The number of aromatic nitrogens is 2. The first kappa shape index (κ1) is 11.1. The molecule has 4 nitrogen and oxygen atoms in total. The van der Waals surface area contributed by atoms with E-state index in [4.69, 9.17) is 0 Å². The standard InChI is InChI=1S/C9H15N3OS/c1-3-7(6-14-2)12-8-9(13)11-5-4-10-8/h4-5,7H,3,6H2,1-2H3,(H,10,12)(H,11,13). The van der Waals surface area contributed by atoms with E-state index < -0.39 is 0 Å². The van der Waals surface area contributed by atoms with Gasteiger partial charge in [0.05, 0.1) is 0 Å². The van der Waals surface area contributed by atoms with E-state index in [1.807, 2.05) is 6.26 Å². The Bertz CT molecular complexity index is 326. The number of hydrogen-bond donors (Lipinski definition) is 2. The van der Waals surface area contributed by atoms with Gasteiger partial charge in [0.2, 0.25) is 0 Å². The number of anilines is 1. The minimum atomic E-state index is -0.160. The van der Waals surface area contributed by atoms with Crippen molar-refractivity contribution in [2.75, 3.05) is 17.3 Å². The Labute approximate surface area is 87.5 Å². The molecule has 14 heavy (non-hydrogen) atoms. The van der Waals surface area contributed by atoms with E-state index in [1.54, 1.807) is 18.0 Å². The number of hydrogen-bond acceptors (Lipinski definition) is 4. The Balaban J connectivity index is 2.67. The van der Waals surface area contributed by atoms with Crippen LogP contribution in [0.25, 0.3) is 0 Å². The smallest absolute Gasteiger partial charge is 0.290 e. The summed E-state index contributed by atoms with van der Waals surface area (Å²) >= 11 is 1.76. The molecule has 0 bridgehead atoms. The quantitative estimate of drug-likeness (QED) is 0.774. The first-order chi connectivity index (χ1) is 6.77. The Hall–Kier alpha value is -0.970. The van der Waals surface area contributed by atoms with Crippen molar-refractivity contribution in [3.8, 4) is 0 Å². The highest BCUT2D eigenvalue weighted by Crippen LogP contribution is 2.05. The summed E-state index contributed by atoms with van der Waals surface area (Å²) in [4.78, 5) is 17.9. The van der Waals surface area contributed by atoms with Gasteiger partial charge < -0.3 is 10.3 Å². The van der Waals surface area contributed by atoms with Gasteiger partial charge in [0.1, 0.15) is 0 Å². The minimum Gasteiger partial charge on any atom is -0.362 e. The van der Waals surface area contributed by atoms with Crippen LogP contribution < -0.4 is 10.9 Å². The van der Waals surface area contributed by atoms with Crippen LogP contribution in [0.2, 0.25) is 0 Å². The van der Waals surface area contributed by atoms with Gasteiger partial charge in [-0.1, -0.05) is 6.92 Å². The van der Waals surface area contributed by atoms with Gasteiger partial charge in [-0.2, -0.15) is 11.8 Å². The van der Waals surface area contributed by atoms with Crippen LogP contribution in [0.3, 0.4) is 0 Å². The van der Waals surface area contributed by atoms with Gasteiger partial charge in [0.15, 0.2) is 5.82 Å². The van der Waals surface area contributed by atoms with Crippen molar-refractivity contribution in [2.24, 2.45) is 0 Å². The van der Waals surface area contributed by atoms with Crippen molar-refractivity contribution in [3.05, 3.63) is 22.7 Å². The zero-order chi connectivity index (χ0) is 10.4. The fraction of sp³-hybridized carbons (Fsp3) is 0.556. The molecular weight excluding hydrogens is 198 g/mol. The van der Waals surface area contributed by atoms with Gasteiger partial charge in [-0.15, -0.1) is 0 Å². The second-order valence-corrected chi connectivity index (χ2v) is 3.88. The third-order valence-electron chi connectivity index (χ3n) is 1.91. The lowest BCUT2D eigenvalue weighted by Crippen LogP contribution is -2.26. The van der Waals surface area contributed by atoms with Crippen LogP contribution in [0.5, 0.6) is 0 Å². The maximum absolute atomic E-state index is 11.3. The van der Waals surface area contributed by atoms with Gasteiger partial charge in [0, 0.05) is 24.2 Å². The molecule has 0 radical (unpaired) electrons. The topological polar surface area (TPSA) is 57.8 Å². The highest BCUT2D eigenvalue weighted by atomic mass is 32.2. The summed E-state index contributed by atoms with van der Waals surface area (Å²) in [5.74, 6) is 1.39. The van der Waals surface area contributed by atoms with Gasteiger partial charge in [-0.25, -0.2) is 4.98 Å².